The summed E-state index contributed by atoms with van der Waals surface area (Å²) in [6.07, 6.45) is 0.573. The first-order chi connectivity index (χ1) is 13.1. The molecule has 2 amide bonds. The topological polar surface area (TPSA) is 62.7 Å². The molecule has 1 aromatic heterocycles. The fourth-order valence-electron chi connectivity index (χ4n) is 3.79. The molecule has 2 aliphatic rings. The predicted octanol–water partition coefficient (Wildman–Crippen LogP) is 2.02. The van der Waals surface area contributed by atoms with Crippen molar-refractivity contribution in [2.24, 2.45) is 0 Å². The summed E-state index contributed by atoms with van der Waals surface area (Å²) in [5.41, 5.74) is 1.90. The summed E-state index contributed by atoms with van der Waals surface area (Å²) in [5, 5.41) is 2.90. The molecule has 4 rings (SSSR count). The van der Waals surface area contributed by atoms with Gasteiger partial charge >= 0.3 is 0 Å². The molecule has 142 valence electrons. The summed E-state index contributed by atoms with van der Waals surface area (Å²) in [7, 11) is 0. The lowest BCUT2D eigenvalue weighted by atomic mass is 10.1. The fraction of sp³-hybridized carbons (Fsp3) is 0.450. The lowest BCUT2D eigenvalue weighted by Gasteiger charge is -2.29. The number of ether oxygens (including phenoxy) is 1. The van der Waals surface area contributed by atoms with Gasteiger partial charge in [-0.25, -0.2) is 4.98 Å². The summed E-state index contributed by atoms with van der Waals surface area (Å²) < 4.78 is 5.93. The molecule has 0 aliphatic carbocycles. The van der Waals surface area contributed by atoms with Gasteiger partial charge in [0, 0.05) is 25.0 Å². The van der Waals surface area contributed by atoms with Crippen LogP contribution in [0.1, 0.15) is 22.7 Å². The molecular weight excluding hydrogens is 362 g/mol. The fourth-order valence-corrected chi connectivity index (χ4v) is 4.40. The van der Waals surface area contributed by atoms with Crippen molar-refractivity contribution in [2.45, 2.75) is 38.5 Å². The van der Waals surface area contributed by atoms with Crippen LogP contribution in [0.3, 0.4) is 0 Å². The van der Waals surface area contributed by atoms with Gasteiger partial charge in [0.25, 0.3) is 0 Å². The van der Waals surface area contributed by atoms with Crippen molar-refractivity contribution in [1.29, 1.82) is 0 Å². The highest BCUT2D eigenvalue weighted by molar-refractivity contribution is 7.09. The average molecular weight is 385 g/mol. The third-order valence-corrected chi connectivity index (χ3v) is 5.98. The number of aromatic nitrogens is 1. The Balaban J connectivity index is 1.48. The van der Waals surface area contributed by atoms with E-state index in [1.165, 1.54) is 0 Å². The number of thiazole rings is 1. The number of carbonyl (C=O) groups excluding carboxylic acids is 2. The van der Waals surface area contributed by atoms with E-state index in [0.29, 0.717) is 39.1 Å². The summed E-state index contributed by atoms with van der Waals surface area (Å²) in [4.78, 5) is 33.5. The van der Waals surface area contributed by atoms with Gasteiger partial charge in [-0.2, -0.15) is 0 Å². The Morgan fingerprint density at radius 1 is 1.30 bits per heavy atom. The number of fused-ring (bicyclic) bond motifs is 1. The maximum Gasteiger partial charge on any atom is 0.228 e. The van der Waals surface area contributed by atoms with E-state index in [1.54, 1.807) is 11.3 Å². The normalized spacial score (nSPS) is 22.6. The molecule has 27 heavy (non-hydrogen) atoms. The molecule has 2 atom stereocenters. The molecule has 2 aromatic rings. The molecule has 0 spiro atoms. The van der Waals surface area contributed by atoms with Crippen LogP contribution in [0.4, 0.5) is 0 Å². The Bertz CT molecular complexity index is 823. The van der Waals surface area contributed by atoms with Crippen molar-refractivity contribution in [1.82, 2.24) is 14.8 Å². The van der Waals surface area contributed by atoms with Gasteiger partial charge in [0.05, 0.1) is 42.3 Å². The largest absolute Gasteiger partial charge is 0.374 e. The second-order valence-corrected chi connectivity index (χ2v) is 8.13. The highest BCUT2D eigenvalue weighted by Gasteiger charge is 2.42. The molecule has 2 fully saturated rings. The Hall–Kier alpha value is -2.25. The summed E-state index contributed by atoms with van der Waals surface area (Å²) in [6, 6.07) is 9.88. The van der Waals surface area contributed by atoms with E-state index in [9.17, 15) is 9.59 Å². The first kappa shape index (κ1) is 18.1. The molecule has 1 aromatic carbocycles. The number of rotatable bonds is 4. The van der Waals surface area contributed by atoms with Crippen molar-refractivity contribution >= 4 is 23.2 Å². The van der Waals surface area contributed by atoms with Gasteiger partial charge in [0.15, 0.2) is 0 Å². The van der Waals surface area contributed by atoms with E-state index < -0.39 is 0 Å². The molecule has 0 bridgehead atoms. The standard InChI is InChI=1S/C20H23N3O3S/c1-14-21-16(13-27-14)9-20(25)22-11-17-18(12-22)26-8-7-19(24)23(17)10-15-5-3-2-4-6-15/h2-6,13,17-18H,7-12H2,1H3/t17-,18-/m0/s1. The van der Waals surface area contributed by atoms with Gasteiger partial charge in [-0.3, -0.25) is 9.59 Å². The minimum Gasteiger partial charge on any atom is -0.374 e. The van der Waals surface area contributed by atoms with E-state index in [4.69, 9.17) is 4.74 Å². The number of aryl methyl sites for hydroxylation is 1. The third-order valence-electron chi connectivity index (χ3n) is 5.15. The van der Waals surface area contributed by atoms with Gasteiger partial charge in [0.2, 0.25) is 11.8 Å². The minimum atomic E-state index is -0.124. The SMILES string of the molecule is Cc1nc(CC(=O)N2C[C@@H]3OCCC(=O)N(Cc4ccccc4)[C@H]3C2)cs1. The lowest BCUT2D eigenvalue weighted by molar-refractivity contribution is -0.135. The van der Waals surface area contributed by atoms with Crippen molar-refractivity contribution in [3.8, 4) is 0 Å². The summed E-state index contributed by atoms with van der Waals surface area (Å²) >= 11 is 1.55. The molecular formula is C20H23N3O3S. The Kier molecular flexibility index (Phi) is 5.22. The average Bonchev–Trinajstić information content (AvgIpc) is 3.23. The molecule has 3 heterocycles. The molecule has 7 heteroatoms. The van der Waals surface area contributed by atoms with Crippen molar-refractivity contribution in [3.05, 3.63) is 52.0 Å². The smallest absolute Gasteiger partial charge is 0.228 e. The van der Waals surface area contributed by atoms with Crippen LogP contribution < -0.4 is 0 Å². The second kappa shape index (κ2) is 7.78. The van der Waals surface area contributed by atoms with Crippen LogP contribution in [0.5, 0.6) is 0 Å². The predicted molar refractivity (Wildman–Crippen MR) is 102 cm³/mol. The van der Waals surface area contributed by atoms with E-state index >= 15 is 0 Å². The van der Waals surface area contributed by atoms with Gasteiger partial charge < -0.3 is 14.5 Å². The zero-order chi connectivity index (χ0) is 18.8. The van der Waals surface area contributed by atoms with E-state index in [0.717, 1.165) is 16.3 Å². The molecule has 2 aliphatic heterocycles. The number of likely N-dealkylation sites (tertiary alicyclic amines) is 1. The maximum absolute atomic E-state index is 12.7. The van der Waals surface area contributed by atoms with Crippen LogP contribution in [0.15, 0.2) is 35.7 Å². The number of amides is 2. The number of hydrogen-bond acceptors (Lipinski definition) is 5. The molecule has 6 nitrogen and oxygen atoms in total. The van der Waals surface area contributed by atoms with Crippen molar-refractivity contribution in [2.75, 3.05) is 19.7 Å². The van der Waals surface area contributed by atoms with E-state index in [1.807, 2.05) is 52.4 Å². The Morgan fingerprint density at radius 2 is 2.11 bits per heavy atom. The highest BCUT2D eigenvalue weighted by Crippen LogP contribution is 2.25. The second-order valence-electron chi connectivity index (χ2n) is 7.07. The zero-order valence-electron chi connectivity index (χ0n) is 15.3. The van der Waals surface area contributed by atoms with Crippen molar-refractivity contribution in [3.63, 3.8) is 0 Å². The van der Waals surface area contributed by atoms with Gasteiger partial charge in [-0.15, -0.1) is 11.3 Å². The molecule has 0 radical (unpaired) electrons. The van der Waals surface area contributed by atoms with Crippen LogP contribution in [0.2, 0.25) is 0 Å². The lowest BCUT2D eigenvalue weighted by Crippen LogP contribution is -2.45. The Labute approximate surface area is 162 Å². The zero-order valence-corrected chi connectivity index (χ0v) is 16.2. The van der Waals surface area contributed by atoms with Gasteiger partial charge in [-0.1, -0.05) is 30.3 Å². The molecule has 0 saturated carbocycles. The number of nitrogens with zero attached hydrogens (tertiary/aromatic N) is 3. The van der Waals surface area contributed by atoms with Crippen LogP contribution in [0, 0.1) is 6.92 Å². The summed E-state index contributed by atoms with van der Waals surface area (Å²) in [6.45, 7) is 3.96. The first-order valence-electron chi connectivity index (χ1n) is 9.24. The highest BCUT2D eigenvalue weighted by atomic mass is 32.1. The van der Waals surface area contributed by atoms with Crippen LogP contribution in [-0.4, -0.2) is 58.4 Å². The maximum atomic E-state index is 12.7. The third kappa shape index (κ3) is 4.04. The monoisotopic (exact) mass is 385 g/mol. The molecule has 2 saturated heterocycles. The van der Waals surface area contributed by atoms with Crippen LogP contribution >= 0.6 is 11.3 Å². The quantitative estimate of drug-likeness (QED) is 0.808. The van der Waals surface area contributed by atoms with Gasteiger partial charge in [-0.05, 0) is 12.5 Å². The Morgan fingerprint density at radius 3 is 2.85 bits per heavy atom. The minimum absolute atomic E-state index is 0.0454. The van der Waals surface area contributed by atoms with Gasteiger partial charge in [0.1, 0.15) is 0 Å². The van der Waals surface area contributed by atoms with Crippen LogP contribution in [0.25, 0.3) is 0 Å². The number of carbonyl (C=O) groups is 2. The summed E-state index contributed by atoms with van der Waals surface area (Å²) in [5.74, 6) is 0.139. The van der Waals surface area contributed by atoms with Crippen LogP contribution in [-0.2, 0) is 27.3 Å². The first-order valence-corrected chi connectivity index (χ1v) is 10.1. The number of benzene rings is 1. The number of hydrogen-bond donors (Lipinski definition) is 0. The van der Waals surface area contributed by atoms with Crippen molar-refractivity contribution < 1.29 is 14.3 Å². The van der Waals surface area contributed by atoms with E-state index in [2.05, 4.69) is 4.98 Å². The molecule has 0 unspecified atom stereocenters. The molecule has 0 N–H and O–H groups in total. The van der Waals surface area contributed by atoms with E-state index in [-0.39, 0.29) is 24.0 Å².